The topological polar surface area (TPSA) is 106 Å². The molecule has 1 aliphatic rings. The number of piperidine rings is 1. The number of rotatable bonds is 4. The Balaban J connectivity index is 1.94. The molecule has 0 saturated carbocycles. The molecule has 0 aromatic carbocycles. The van der Waals surface area contributed by atoms with Gasteiger partial charge in [-0.2, -0.15) is 0 Å². The summed E-state index contributed by atoms with van der Waals surface area (Å²) in [6.07, 6.45) is 1.42. The smallest absolute Gasteiger partial charge is 0.255 e. The van der Waals surface area contributed by atoms with Crippen molar-refractivity contribution in [3.8, 4) is 0 Å². The molecule has 2 rings (SSSR count). The summed E-state index contributed by atoms with van der Waals surface area (Å²) in [4.78, 5) is 37.4. The molecule has 1 aromatic rings. The van der Waals surface area contributed by atoms with E-state index in [1.54, 1.807) is 24.8 Å². The van der Waals surface area contributed by atoms with Gasteiger partial charge in [-0.05, 0) is 39.7 Å². The van der Waals surface area contributed by atoms with E-state index in [2.05, 4.69) is 5.32 Å². The minimum atomic E-state index is -0.386. The fraction of sp³-hybridized carbons (Fsp3) is 0.562. The average molecular weight is 321 g/mol. The van der Waals surface area contributed by atoms with E-state index in [1.807, 2.05) is 6.92 Å². The number of aryl methyl sites for hydroxylation is 2. The predicted octanol–water partition coefficient (Wildman–Crippen LogP) is 0.739. The maximum atomic E-state index is 12.3. The molecule has 1 fully saturated rings. The van der Waals surface area contributed by atoms with E-state index in [0.717, 1.165) is 6.42 Å². The lowest BCUT2D eigenvalue weighted by molar-refractivity contribution is -0.136. The number of carbonyl (C=O) groups is 3. The van der Waals surface area contributed by atoms with Crippen LogP contribution in [0.4, 0.5) is 0 Å². The summed E-state index contributed by atoms with van der Waals surface area (Å²) >= 11 is 0. The van der Waals surface area contributed by atoms with Gasteiger partial charge in [-0.1, -0.05) is 0 Å². The molecule has 3 N–H and O–H groups in total. The van der Waals surface area contributed by atoms with Gasteiger partial charge in [0.05, 0.1) is 18.0 Å². The highest BCUT2D eigenvalue weighted by molar-refractivity contribution is 5.97. The third kappa shape index (κ3) is 3.91. The second-order valence-electron chi connectivity index (χ2n) is 6.08. The monoisotopic (exact) mass is 321 g/mol. The number of furan rings is 1. The van der Waals surface area contributed by atoms with E-state index >= 15 is 0 Å². The van der Waals surface area contributed by atoms with Crippen molar-refractivity contribution >= 4 is 17.7 Å². The van der Waals surface area contributed by atoms with Crippen LogP contribution in [-0.4, -0.2) is 41.8 Å². The SMILES string of the molecule is Cc1cc(C(=O)NCC(=O)N2C[C@@H](C(N)=O)CC[C@H]2C)c(C)o1. The van der Waals surface area contributed by atoms with Gasteiger partial charge in [-0.15, -0.1) is 0 Å². The summed E-state index contributed by atoms with van der Waals surface area (Å²) in [5, 5.41) is 2.61. The predicted molar refractivity (Wildman–Crippen MR) is 83.6 cm³/mol. The molecule has 2 atom stereocenters. The van der Waals surface area contributed by atoms with E-state index in [-0.39, 0.29) is 36.2 Å². The molecule has 7 nitrogen and oxygen atoms in total. The zero-order valence-corrected chi connectivity index (χ0v) is 13.7. The van der Waals surface area contributed by atoms with Gasteiger partial charge < -0.3 is 20.4 Å². The van der Waals surface area contributed by atoms with Crippen molar-refractivity contribution in [3.63, 3.8) is 0 Å². The molecule has 0 aliphatic carbocycles. The van der Waals surface area contributed by atoms with Gasteiger partial charge in [-0.25, -0.2) is 0 Å². The minimum absolute atomic E-state index is 0.0351. The maximum Gasteiger partial charge on any atom is 0.255 e. The summed E-state index contributed by atoms with van der Waals surface area (Å²) in [6.45, 7) is 5.59. The molecule has 1 saturated heterocycles. The van der Waals surface area contributed by atoms with E-state index < -0.39 is 0 Å². The Labute approximate surface area is 135 Å². The van der Waals surface area contributed by atoms with E-state index in [9.17, 15) is 14.4 Å². The maximum absolute atomic E-state index is 12.3. The molecular formula is C16H23N3O4. The first-order valence-electron chi connectivity index (χ1n) is 7.73. The first-order valence-corrected chi connectivity index (χ1v) is 7.73. The molecule has 1 aromatic heterocycles. The summed E-state index contributed by atoms with van der Waals surface area (Å²) < 4.78 is 5.31. The van der Waals surface area contributed by atoms with Crippen molar-refractivity contribution < 1.29 is 18.8 Å². The molecule has 0 unspecified atom stereocenters. The summed E-state index contributed by atoms with van der Waals surface area (Å²) in [5.74, 6) is -0.0909. The van der Waals surface area contributed by atoms with Crippen molar-refractivity contribution in [1.29, 1.82) is 0 Å². The van der Waals surface area contributed by atoms with Gasteiger partial charge in [0.15, 0.2) is 0 Å². The normalized spacial score (nSPS) is 21.1. The van der Waals surface area contributed by atoms with E-state index in [4.69, 9.17) is 10.2 Å². The zero-order valence-electron chi connectivity index (χ0n) is 13.7. The molecule has 23 heavy (non-hydrogen) atoms. The number of hydrogen-bond donors (Lipinski definition) is 2. The van der Waals surface area contributed by atoms with E-state index in [0.29, 0.717) is 30.0 Å². The van der Waals surface area contributed by atoms with E-state index in [1.165, 1.54) is 0 Å². The molecule has 0 bridgehead atoms. The quantitative estimate of drug-likeness (QED) is 0.853. The van der Waals surface area contributed by atoms with Crippen LogP contribution >= 0.6 is 0 Å². The van der Waals surface area contributed by atoms with Crippen molar-refractivity contribution in [2.75, 3.05) is 13.1 Å². The van der Waals surface area contributed by atoms with Gasteiger partial charge in [0.1, 0.15) is 11.5 Å². The lowest BCUT2D eigenvalue weighted by atomic mass is 9.93. The molecule has 0 spiro atoms. The average Bonchev–Trinajstić information content (AvgIpc) is 2.83. The summed E-state index contributed by atoms with van der Waals surface area (Å²) in [7, 11) is 0. The zero-order chi connectivity index (χ0) is 17.1. The fourth-order valence-electron chi connectivity index (χ4n) is 2.90. The number of likely N-dealkylation sites (tertiary alicyclic amines) is 1. The number of nitrogens with one attached hydrogen (secondary N) is 1. The Morgan fingerprint density at radius 2 is 2.04 bits per heavy atom. The third-order valence-corrected chi connectivity index (χ3v) is 4.29. The number of carbonyl (C=O) groups excluding carboxylic acids is 3. The van der Waals surface area contributed by atoms with Crippen LogP contribution in [0.2, 0.25) is 0 Å². The third-order valence-electron chi connectivity index (χ3n) is 4.29. The van der Waals surface area contributed by atoms with Gasteiger partial charge in [0.2, 0.25) is 11.8 Å². The second kappa shape index (κ2) is 6.85. The van der Waals surface area contributed by atoms with Crippen LogP contribution in [0.25, 0.3) is 0 Å². The number of nitrogens with zero attached hydrogens (tertiary/aromatic N) is 1. The Morgan fingerprint density at radius 3 is 2.61 bits per heavy atom. The Bertz CT molecular complexity index is 623. The van der Waals surface area contributed by atoms with Gasteiger partial charge in [-0.3, -0.25) is 14.4 Å². The fourth-order valence-corrected chi connectivity index (χ4v) is 2.90. The van der Waals surface area contributed by atoms with Gasteiger partial charge in [0, 0.05) is 12.6 Å². The highest BCUT2D eigenvalue weighted by atomic mass is 16.3. The standard InChI is InChI=1S/C16H23N3O4/c1-9-4-5-12(15(17)21)8-19(9)14(20)7-18-16(22)13-6-10(2)23-11(13)3/h6,9,12H,4-5,7-8H2,1-3H3,(H2,17,21)(H,18,22)/t9-,12+/m1/s1. The van der Waals surface area contributed by atoms with Gasteiger partial charge >= 0.3 is 0 Å². The molecular weight excluding hydrogens is 298 g/mol. The summed E-state index contributed by atoms with van der Waals surface area (Å²) in [6, 6.07) is 1.68. The van der Waals surface area contributed by atoms with Crippen molar-refractivity contribution in [3.05, 3.63) is 23.2 Å². The van der Waals surface area contributed by atoms with Crippen molar-refractivity contribution in [1.82, 2.24) is 10.2 Å². The first-order chi connectivity index (χ1) is 10.8. The molecule has 2 heterocycles. The van der Waals surface area contributed by atoms with Crippen LogP contribution in [-0.2, 0) is 9.59 Å². The molecule has 126 valence electrons. The number of primary amides is 1. The van der Waals surface area contributed by atoms with Crippen LogP contribution < -0.4 is 11.1 Å². The lowest BCUT2D eigenvalue weighted by Gasteiger charge is -2.37. The lowest BCUT2D eigenvalue weighted by Crippen LogP contribution is -2.51. The van der Waals surface area contributed by atoms with Crippen LogP contribution in [0.3, 0.4) is 0 Å². The molecule has 1 aliphatic heterocycles. The van der Waals surface area contributed by atoms with Crippen LogP contribution in [0.1, 0.15) is 41.6 Å². The second-order valence-corrected chi connectivity index (χ2v) is 6.08. The summed E-state index contributed by atoms with van der Waals surface area (Å²) in [5.41, 5.74) is 5.76. The van der Waals surface area contributed by atoms with Crippen molar-refractivity contribution in [2.45, 2.75) is 39.7 Å². The Morgan fingerprint density at radius 1 is 1.35 bits per heavy atom. The largest absolute Gasteiger partial charge is 0.466 e. The molecule has 7 heteroatoms. The molecule has 0 radical (unpaired) electrons. The number of amides is 3. The highest BCUT2D eigenvalue weighted by Crippen LogP contribution is 2.21. The van der Waals surface area contributed by atoms with Crippen molar-refractivity contribution in [2.24, 2.45) is 11.7 Å². The van der Waals surface area contributed by atoms with Crippen LogP contribution in [0, 0.1) is 19.8 Å². The Kier molecular flexibility index (Phi) is 5.08. The van der Waals surface area contributed by atoms with Crippen LogP contribution in [0.15, 0.2) is 10.5 Å². The van der Waals surface area contributed by atoms with Gasteiger partial charge in [0.25, 0.3) is 5.91 Å². The highest BCUT2D eigenvalue weighted by Gasteiger charge is 2.31. The van der Waals surface area contributed by atoms with Crippen LogP contribution in [0.5, 0.6) is 0 Å². The number of hydrogen-bond acceptors (Lipinski definition) is 4. The first kappa shape index (κ1) is 17.1. The molecule has 3 amide bonds. The number of nitrogens with two attached hydrogens (primary N) is 1. The minimum Gasteiger partial charge on any atom is -0.466 e. The Hall–Kier alpha value is -2.31.